The fourth-order valence-corrected chi connectivity index (χ4v) is 2.62. The average molecular weight is 332 g/mol. The van der Waals surface area contributed by atoms with Gasteiger partial charge < -0.3 is 11.1 Å². The number of aliphatic imine (C=N–C) groups is 1. The van der Waals surface area contributed by atoms with Gasteiger partial charge in [0.25, 0.3) is 0 Å². The van der Waals surface area contributed by atoms with Gasteiger partial charge in [0.2, 0.25) is 10.0 Å². The van der Waals surface area contributed by atoms with Gasteiger partial charge in [0.05, 0.1) is 11.4 Å². The zero-order valence-corrected chi connectivity index (χ0v) is 13.9. The number of aryl methyl sites for hydroxylation is 1. The van der Waals surface area contributed by atoms with Crippen LogP contribution in [-0.4, -0.2) is 21.4 Å². The molecule has 0 heterocycles. The van der Waals surface area contributed by atoms with Crippen LogP contribution >= 0.6 is 0 Å². The van der Waals surface area contributed by atoms with Gasteiger partial charge in [0, 0.05) is 5.69 Å². The summed E-state index contributed by atoms with van der Waals surface area (Å²) >= 11 is 0. The van der Waals surface area contributed by atoms with Gasteiger partial charge in [-0.3, -0.25) is 0 Å². The number of hydrogen-bond donors (Lipinski definition) is 3. The van der Waals surface area contributed by atoms with Gasteiger partial charge in [0.15, 0.2) is 5.96 Å². The van der Waals surface area contributed by atoms with Crippen LogP contribution in [0, 0.1) is 6.92 Å². The van der Waals surface area contributed by atoms with E-state index >= 15 is 0 Å². The van der Waals surface area contributed by atoms with Crippen LogP contribution in [0.4, 0.5) is 5.69 Å². The number of nitrogens with two attached hydrogens (primary N) is 1. The number of rotatable bonds is 5. The van der Waals surface area contributed by atoms with Gasteiger partial charge in [-0.25, -0.2) is 18.1 Å². The Balaban J connectivity index is 2.00. The third-order valence-corrected chi connectivity index (χ3v) is 4.69. The van der Waals surface area contributed by atoms with E-state index in [2.05, 4.69) is 15.0 Å². The van der Waals surface area contributed by atoms with Crippen molar-refractivity contribution < 1.29 is 8.42 Å². The Hall–Kier alpha value is -2.38. The Bertz CT molecular complexity index is 782. The molecule has 23 heavy (non-hydrogen) atoms. The summed E-state index contributed by atoms with van der Waals surface area (Å²) in [4.78, 5) is 4.46. The predicted octanol–water partition coefficient (Wildman–Crippen LogP) is 1.83. The van der Waals surface area contributed by atoms with E-state index in [9.17, 15) is 8.42 Å². The molecule has 0 aliphatic rings. The summed E-state index contributed by atoms with van der Waals surface area (Å²) in [6.07, 6.45) is 0. The molecule has 0 fully saturated rings. The Kier molecular flexibility index (Phi) is 5.36. The van der Waals surface area contributed by atoms with Crippen LogP contribution in [0.1, 0.15) is 11.1 Å². The molecule has 7 heteroatoms. The van der Waals surface area contributed by atoms with Crippen LogP contribution in [0.25, 0.3) is 0 Å². The summed E-state index contributed by atoms with van der Waals surface area (Å²) < 4.78 is 25.5. The number of nitrogens with one attached hydrogen (secondary N) is 2. The quantitative estimate of drug-likeness (QED) is 0.575. The van der Waals surface area contributed by atoms with Gasteiger partial charge in [-0.1, -0.05) is 29.8 Å². The van der Waals surface area contributed by atoms with Crippen LogP contribution in [0.3, 0.4) is 0 Å². The zero-order chi connectivity index (χ0) is 16.9. The summed E-state index contributed by atoms with van der Waals surface area (Å²) in [5, 5.41) is 3.01. The van der Waals surface area contributed by atoms with Gasteiger partial charge in [-0.05, 0) is 43.8 Å². The summed E-state index contributed by atoms with van der Waals surface area (Å²) in [5.41, 5.74) is 8.75. The first kappa shape index (κ1) is 17.0. The van der Waals surface area contributed by atoms with Crippen molar-refractivity contribution >= 4 is 21.7 Å². The Labute approximate surface area is 136 Å². The third kappa shape index (κ3) is 4.80. The molecule has 0 bridgehead atoms. The smallest absolute Gasteiger partial charge is 0.240 e. The van der Waals surface area contributed by atoms with E-state index in [0.29, 0.717) is 12.5 Å². The number of nitrogens with zero attached hydrogens (tertiary/aromatic N) is 1. The normalized spacial score (nSPS) is 12.2. The molecular formula is C16H20N4O2S. The zero-order valence-electron chi connectivity index (χ0n) is 13.1. The fraction of sp³-hybridized carbons (Fsp3) is 0.188. The van der Waals surface area contributed by atoms with Gasteiger partial charge in [0.1, 0.15) is 0 Å². The number of benzene rings is 2. The second-order valence-corrected chi connectivity index (χ2v) is 6.93. The average Bonchev–Trinajstić information content (AvgIpc) is 2.55. The second kappa shape index (κ2) is 7.26. The molecule has 0 atom stereocenters. The van der Waals surface area contributed by atoms with E-state index < -0.39 is 10.0 Å². The molecule has 2 rings (SSSR count). The number of guanidine groups is 1. The summed E-state index contributed by atoms with van der Waals surface area (Å²) in [5.74, 6) is 0.306. The lowest BCUT2D eigenvalue weighted by atomic mass is 10.2. The highest BCUT2D eigenvalue weighted by Crippen LogP contribution is 2.11. The SMILES string of the molecule is CNS(=O)(=O)c1ccc(CN=C(N)Nc2ccc(C)cc2)cc1. The third-order valence-electron chi connectivity index (χ3n) is 3.26. The molecule has 6 nitrogen and oxygen atoms in total. The largest absolute Gasteiger partial charge is 0.370 e. The van der Waals surface area contributed by atoms with Crippen molar-refractivity contribution in [3.8, 4) is 0 Å². The molecule has 122 valence electrons. The maximum Gasteiger partial charge on any atom is 0.240 e. The molecule has 0 amide bonds. The van der Waals surface area contributed by atoms with E-state index in [4.69, 9.17) is 5.73 Å². The van der Waals surface area contributed by atoms with Crippen LogP contribution in [0.2, 0.25) is 0 Å². The van der Waals surface area contributed by atoms with Crippen molar-refractivity contribution in [3.63, 3.8) is 0 Å². The minimum atomic E-state index is -3.41. The van der Waals surface area contributed by atoms with Crippen LogP contribution in [0.5, 0.6) is 0 Å². The highest BCUT2D eigenvalue weighted by atomic mass is 32.2. The maximum absolute atomic E-state index is 11.6. The molecule has 0 radical (unpaired) electrons. The van der Waals surface area contributed by atoms with Gasteiger partial charge in [-0.15, -0.1) is 0 Å². The van der Waals surface area contributed by atoms with Crippen molar-refractivity contribution in [1.82, 2.24) is 4.72 Å². The van der Waals surface area contributed by atoms with Crippen molar-refractivity contribution in [1.29, 1.82) is 0 Å². The van der Waals surface area contributed by atoms with Crippen molar-refractivity contribution in [2.24, 2.45) is 10.7 Å². The number of anilines is 1. The topological polar surface area (TPSA) is 96.6 Å². The standard InChI is InChI=1S/C16H20N4O2S/c1-12-3-7-14(8-4-12)20-16(17)19-11-13-5-9-15(10-6-13)23(21,22)18-2/h3-10,18H,11H2,1-2H3,(H3,17,19,20). The van der Waals surface area contributed by atoms with Gasteiger partial charge >= 0.3 is 0 Å². The first-order valence-electron chi connectivity index (χ1n) is 7.07. The minimum Gasteiger partial charge on any atom is -0.370 e. The Morgan fingerprint density at radius 3 is 2.26 bits per heavy atom. The van der Waals surface area contributed by atoms with Crippen molar-refractivity contribution in [2.75, 3.05) is 12.4 Å². The summed E-state index contributed by atoms with van der Waals surface area (Å²) in [6.45, 7) is 2.38. The number of sulfonamides is 1. The van der Waals surface area contributed by atoms with E-state index in [1.54, 1.807) is 24.3 Å². The molecule has 0 aliphatic heterocycles. The highest BCUT2D eigenvalue weighted by molar-refractivity contribution is 7.89. The van der Waals surface area contributed by atoms with E-state index in [0.717, 1.165) is 11.3 Å². The van der Waals surface area contributed by atoms with Crippen LogP contribution in [-0.2, 0) is 16.6 Å². The van der Waals surface area contributed by atoms with Crippen molar-refractivity contribution in [3.05, 3.63) is 59.7 Å². The van der Waals surface area contributed by atoms with E-state index in [-0.39, 0.29) is 4.90 Å². The molecule has 0 aromatic heterocycles. The molecule has 0 unspecified atom stereocenters. The number of hydrogen-bond acceptors (Lipinski definition) is 3. The van der Waals surface area contributed by atoms with Crippen molar-refractivity contribution in [2.45, 2.75) is 18.4 Å². The van der Waals surface area contributed by atoms with Crippen LogP contribution < -0.4 is 15.8 Å². The lowest BCUT2D eigenvalue weighted by Crippen LogP contribution is -2.22. The summed E-state index contributed by atoms with van der Waals surface area (Å²) in [7, 11) is -2.03. The molecule has 4 N–H and O–H groups in total. The molecule has 0 spiro atoms. The second-order valence-electron chi connectivity index (χ2n) is 5.04. The first-order valence-corrected chi connectivity index (χ1v) is 8.55. The Morgan fingerprint density at radius 2 is 1.70 bits per heavy atom. The lowest BCUT2D eigenvalue weighted by molar-refractivity contribution is 0.588. The van der Waals surface area contributed by atoms with E-state index in [1.165, 1.54) is 12.6 Å². The monoisotopic (exact) mass is 332 g/mol. The van der Waals surface area contributed by atoms with E-state index in [1.807, 2.05) is 31.2 Å². The minimum absolute atomic E-state index is 0.221. The maximum atomic E-state index is 11.6. The molecule has 2 aromatic rings. The Morgan fingerprint density at radius 1 is 1.09 bits per heavy atom. The van der Waals surface area contributed by atoms with Gasteiger partial charge in [-0.2, -0.15) is 0 Å². The highest BCUT2D eigenvalue weighted by Gasteiger charge is 2.10. The molecule has 2 aromatic carbocycles. The fourth-order valence-electron chi connectivity index (χ4n) is 1.89. The molecule has 0 saturated heterocycles. The lowest BCUT2D eigenvalue weighted by Gasteiger charge is -2.06. The molecule has 0 aliphatic carbocycles. The first-order chi connectivity index (χ1) is 10.9. The van der Waals surface area contributed by atoms with Crippen LogP contribution in [0.15, 0.2) is 58.4 Å². The summed E-state index contributed by atoms with van der Waals surface area (Å²) in [6, 6.07) is 14.3. The predicted molar refractivity (Wildman–Crippen MR) is 92.8 cm³/mol. The molecule has 0 saturated carbocycles. The molecular weight excluding hydrogens is 312 g/mol.